The molecule has 0 aliphatic rings. The van der Waals surface area contributed by atoms with E-state index in [0.717, 1.165) is 9.45 Å². The van der Waals surface area contributed by atoms with Crippen molar-refractivity contribution in [2.24, 2.45) is 7.05 Å². The van der Waals surface area contributed by atoms with Crippen LogP contribution >= 0.6 is 22.6 Å². The van der Waals surface area contributed by atoms with E-state index >= 15 is 0 Å². The van der Waals surface area contributed by atoms with E-state index in [1.165, 1.54) is 0 Å². The zero-order valence-corrected chi connectivity index (χ0v) is 7.42. The van der Waals surface area contributed by atoms with Crippen LogP contribution in [0.15, 0.2) is 6.20 Å². The molecule has 0 aliphatic heterocycles. The third-order valence-corrected chi connectivity index (χ3v) is 1.78. The van der Waals surface area contributed by atoms with E-state index in [2.05, 4.69) is 27.7 Å². The SMILES string of the molecule is COc1c(I)cnn1C. The van der Waals surface area contributed by atoms with E-state index in [-0.39, 0.29) is 0 Å². The molecule has 50 valence electrons. The number of ether oxygens (including phenoxy) is 1. The molecule has 4 heteroatoms. The van der Waals surface area contributed by atoms with Crippen molar-refractivity contribution in [1.82, 2.24) is 9.78 Å². The number of nitrogens with zero attached hydrogens (tertiary/aromatic N) is 2. The fourth-order valence-corrected chi connectivity index (χ4v) is 1.32. The predicted octanol–water partition coefficient (Wildman–Crippen LogP) is 1.03. The quantitative estimate of drug-likeness (QED) is 0.683. The number of rotatable bonds is 1. The minimum atomic E-state index is 0.815. The smallest absolute Gasteiger partial charge is 0.225 e. The number of methoxy groups -OCH3 is 1. The molecular weight excluding hydrogens is 231 g/mol. The molecule has 0 saturated heterocycles. The van der Waals surface area contributed by atoms with E-state index < -0.39 is 0 Å². The van der Waals surface area contributed by atoms with Crippen LogP contribution in [0.25, 0.3) is 0 Å². The average Bonchev–Trinajstić information content (AvgIpc) is 2.12. The van der Waals surface area contributed by atoms with Crippen LogP contribution in [0.1, 0.15) is 0 Å². The highest BCUT2D eigenvalue weighted by Crippen LogP contribution is 2.17. The Bertz CT molecular complexity index is 189. The summed E-state index contributed by atoms with van der Waals surface area (Å²) in [5, 5.41) is 3.97. The van der Waals surface area contributed by atoms with Crippen LogP contribution in [0.4, 0.5) is 0 Å². The summed E-state index contributed by atoms with van der Waals surface area (Å²) in [5.41, 5.74) is 0. The minimum absolute atomic E-state index is 0.815. The van der Waals surface area contributed by atoms with Gasteiger partial charge >= 0.3 is 0 Å². The van der Waals surface area contributed by atoms with E-state index in [9.17, 15) is 0 Å². The van der Waals surface area contributed by atoms with Crippen molar-refractivity contribution >= 4 is 22.6 Å². The highest BCUT2D eigenvalue weighted by Gasteiger charge is 2.02. The summed E-state index contributed by atoms with van der Waals surface area (Å²) in [5.74, 6) is 0.815. The van der Waals surface area contributed by atoms with E-state index in [1.54, 1.807) is 18.0 Å². The molecule has 1 heterocycles. The fraction of sp³-hybridized carbons (Fsp3) is 0.400. The molecule has 3 nitrogen and oxygen atoms in total. The Morgan fingerprint density at radius 1 is 1.78 bits per heavy atom. The van der Waals surface area contributed by atoms with Crippen LogP contribution in [0.2, 0.25) is 0 Å². The number of aryl methyl sites for hydroxylation is 1. The first-order valence-electron chi connectivity index (χ1n) is 2.47. The number of halogens is 1. The number of hydrogen-bond donors (Lipinski definition) is 0. The van der Waals surface area contributed by atoms with Gasteiger partial charge in [-0.25, -0.2) is 4.68 Å². The average molecular weight is 238 g/mol. The molecule has 0 N–H and O–H groups in total. The van der Waals surface area contributed by atoms with Crippen molar-refractivity contribution in [3.05, 3.63) is 9.77 Å². The van der Waals surface area contributed by atoms with Gasteiger partial charge in [0.05, 0.1) is 16.9 Å². The third kappa shape index (κ3) is 1.17. The Morgan fingerprint density at radius 3 is 2.67 bits per heavy atom. The highest BCUT2D eigenvalue weighted by molar-refractivity contribution is 14.1. The van der Waals surface area contributed by atoms with Crippen molar-refractivity contribution < 1.29 is 4.74 Å². The van der Waals surface area contributed by atoms with Gasteiger partial charge in [-0.05, 0) is 22.6 Å². The molecule has 1 rings (SSSR count). The molecule has 0 bridgehead atoms. The summed E-state index contributed by atoms with van der Waals surface area (Å²) >= 11 is 2.17. The van der Waals surface area contributed by atoms with E-state index in [1.807, 2.05) is 7.05 Å². The zero-order chi connectivity index (χ0) is 6.85. The van der Waals surface area contributed by atoms with Gasteiger partial charge in [0, 0.05) is 7.05 Å². The third-order valence-electron chi connectivity index (χ3n) is 1.04. The van der Waals surface area contributed by atoms with Gasteiger partial charge in [0.1, 0.15) is 0 Å². The van der Waals surface area contributed by atoms with Crippen LogP contribution in [0.5, 0.6) is 5.88 Å². The van der Waals surface area contributed by atoms with E-state index in [4.69, 9.17) is 4.74 Å². The molecule has 0 amide bonds. The summed E-state index contributed by atoms with van der Waals surface area (Å²) in [6.45, 7) is 0. The van der Waals surface area contributed by atoms with Crippen LogP contribution < -0.4 is 4.74 Å². The second kappa shape index (κ2) is 2.55. The second-order valence-corrected chi connectivity index (χ2v) is 2.79. The zero-order valence-electron chi connectivity index (χ0n) is 5.26. The largest absolute Gasteiger partial charge is 0.480 e. The fourth-order valence-electron chi connectivity index (χ4n) is 0.629. The Hall–Kier alpha value is -0.260. The maximum Gasteiger partial charge on any atom is 0.225 e. The Balaban J connectivity index is 3.07. The molecule has 1 aromatic rings. The summed E-state index contributed by atoms with van der Waals surface area (Å²) < 4.78 is 7.74. The molecule has 9 heavy (non-hydrogen) atoms. The van der Waals surface area contributed by atoms with Gasteiger partial charge in [0.15, 0.2) is 0 Å². The first kappa shape index (κ1) is 6.85. The first-order valence-corrected chi connectivity index (χ1v) is 3.55. The molecule has 0 unspecified atom stereocenters. The van der Waals surface area contributed by atoms with Gasteiger partial charge in [0.25, 0.3) is 0 Å². The van der Waals surface area contributed by atoms with Gasteiger partial charge in [-0.2, -0.15) is 5.10 Å². The topological polar surface area (TPSA) is 27.1 Å². The normalized spacial score (nSPS) is 9.67. The van der Waals surface area contributed by atoms with Crippen molar-refractivity contribution in [1.29, 1.82) is 0 Å². The number of hydrogen-bond acceptors (Lipinski definition) is 2. The van der Waals surface area contributed by atoms with Gasteiger partial charge in [0.2, 0.25) is 5.88 Å². The number of aromatic nitrogens is 2. The molecule has 0 aliphatic carbocycles. The molecule has 0 radical (unpaired) electrons. The van der Waals surface area contributed by atoms with Crippen LogP contribution in [-0.2, 0) is 7.05 Å². The second-order valence-electron chi connectivity index (χ2n) is 1.63. The Labute approximate surface area is 67.1 Å². The standard InChI is InChI=1S/C5H7IN2O/c1-8-5(9-2)4(6)3-7-8/h3H,1-2H3. The lowest BCUT2D eigenvalue weighted by Crippen LogP contribution is -1.95. The Kier molecular flexibility index (Phi) is 1.94. The predicted molar refractivity (Wildman–Crippen MR) is 42.5 cm³/mol. The van der Waals surface area contributed by atoms with Crippen molar-refractivity contribution in [2.45, 2.75) is 0 Å². The Morgan fingerprint density at radius 2 is 2.44 bits per heavy atom. The lowest BCUT2D eigenvalue weighted by Gasteiger charge is -1.97. The monoisotopic (exact) mass is 238 g/mol. The van der Waals surface area contributed by atoms with Gasteiger partial charge in [-0.1, -0.05) is 0 Å². The van der Waals surface area contributed by atoms with Crippen molar-refractivity contribution in [2.75, 3.05) is 7.11 Å². The molecule has 0 spiro atoms. The lowest BCUT2D eigenvalue weighted by atomic mass is 10.7. The summed E-state index contributed by atoms with van der Waals surface area (Å²) in [6, 6.07) is 0. The molecule has 0 saturated carbocycles. The molecular formula is C5H7IN2O. The van der Waals surface area contributed by atoms with Gasteiger partial charge in [-0.3, -0.25) is 0 Å². The maximum atomic E-state index is 5.01. The molecule has 1 aromatic heterocycles. The highest BCUT2D eigenvalue weighted by atomic mass is 127. The maximum absolute atomic E-state index is 5.01. The minimum Gasteiger partial charge on any atom is -0.480 e. The van der Waals surface area contributed by atoms with Crippen molar-refractivity contribution in [3.8, 4) is 5.88 Å². The van der Waals surface area contributed by atoms with E-state index in [0.29, 0.717) is 0 Å². The van der Waals surface area contributed by atoms with Crippen LogP contribution in [0, 0.1) is 3.57 Å². The van der Waals surface area contributed by atoms with Crippen LogP contribution in [0.3, 0.4) is 0 Å². The van der Waals surface area contributed by atoms with Gasteiger partial charge < -0.3 is 4.74 Å². The first-order chi connectivity index (χ1) is 4.25. The molecule has 0 atom stereocenters. The van der Waals surface area contributed by atoms with Gasteiger partial charge in [-0.15, -0.1) is 0 Å². The molecule has 0 fully saturated rings. The van der Waals surface area contributed by atoms with Crippen LogP contribution in [-0.4, -0.2) is 16.9 Å². The lowest BCUT2D eigenvalue weighted by molar-refractivity contribution is 0.371. The summed E-state index contributed by atoms with van der Waals surface area (Å²) in [6.07, 6.45) is 1.76. The summed E-state index contributed by atoms with van der Waals surface area (Å²) in [7, 11) is 3.49. The molecule has 0 aromatic carbocycles. The summed E-state index contributed by atoms with van der Waals surface area (Å²) in [4.78, 5) is 0. The van der Waals surface area contributed by atoms with Crippen molar-refractivity contribution in [3.63, 3.8) is 0 Å².